The fourth-order valence-electron chi connectivity index (χ4n) is 1.71. The van der Waals surface area contributed by atoms with Gasteiger partial charge in [0, 0.05) is 12.7 Å². The summed E-state index contributed by atoms with van der Waals surface area (Å²) in [6.07, 6.45) is -4.36. The average Bonchev–Trinajstić information content (AvgIpc) is 2.40. The highest BCUT2D eigenvalue weighted by Crippen LogP contribution is 2.32. The van der Waals surface area contributed by atoms with E-state index in [9.17, 15) is 13.2 Å². The van der Waals surface area contributed by atoms with E-state index in [1.54, 1.807) is 32.2 Å². The zero-order chi connectivity index (χ0) is 14.8. The number of aromatic nitrogens is 1. The monoisotopic (exact) mass is 281 g/mol. The molecule has 0 saturated carbocycles. The standard InChI is InChI=1S/C14H14F3N3/c1-9-6-7-10(14(15,16)17)8-11(9)19-13-5-3-4-12(18-2)20-13/h3-8H,1-2H3,(H2,18,19,20). The Labute approximate surface area is 114 Å². The molecule has 0 aliphatic heterocycles. The molecule has 0 aliphatic rings. The maximum Gasteiger partial charge on any atom is 0.416 e. The van der Waals surface area contributed by atoms with Gasteiger partial charge in [0.25, 0.3) is 0 Å². The number of nitrogens with one attached hydrogen (secondary N) is 2. The molecule has 20 heavy (non-hydrogen) atoms. The van der Waals surface area contributed by atoms with Crippen molar-refractivity contribution in [2.75, 3.05) is 17.7 Å². The first-order valence-corrected chi connectivity index (χ1v) is 6.00. The number of hydrogen-bond acceptors (Lipinski definition) is 3. The Morgan fingerprint density at radius 2 is 1.75 bits per heavy atom. The van der Waals surface area contributed by atoms with Gasteiger partial charge < -0.3 is 10.6 Å². The van der Waals surface area contributed by atoms with Crippen LogP contribution in [0.5, 0.6) is 0 Å². The van der Waals surface area contributed by atoms with E-state index in [1.165, 1.54) is 6.07 Å². The molecule has 1 aromatic heterocycles. The van der Waals surface area contributed by atoms with Gasteiger partial charge in [-0.2, -0.15) is 13.2 Å². The lowest BCUT2D eigenvalue weighted by molar-refractivity contribution is -0.137. The fourth-order valence-corrected chi connectivity index (χ4v) is 1.71. The summed E-state index contributed by atoms with van der Waals surface area (Å²) in [5.41, 5.74) is 0.422. The van der Waals surface area contributed by atoms with Crippen molar-refractivity contribution >= 4 is 17.3 Å². The molecule has 0 spiro atoms. The predicted octanol–water partition coefficient (Wildman–Crippen LogP) is 4.19. The number of alkyl halides is 3. The van der Waals surface area contributed by atoms with Crippen LogP contribution in [0.3, 0.4) is 0 Å². The Morgan fingerprint density at radius 3 is 2.40 bits per heavy atom. The third-order valence-corrected chi connectivity index (χ3v) is 2.83. The van der Waals surface area contributed by atoms with Crippen LogP contribution in [0.1, 0.15) is 11.1 Å². The predicted molar refractivity (Wildman–Crippen MR) is 73.2 cm³/mol. The van der Waals surface area contributed by atoms with Crippen molar-refractivity contribution < 1.29 is 13.2 Å². The molecular weight excluding hydrogens is 267 g/mol. The molecule has 2 rings (SSSR count). The van der Waals surface area contributed by atoms with Gasteiger partial charge in [-0.3, -0.25) is 0 Å². The van der Waals surface area contributed by atoms with Crippen LogP contribution in [-0.2, 0) is 6.18 Å². The zero-order valence-corrected chi connectivity index (χ0v) is 11.0. The first-order chi connectivity index (χ1) is 9.40. The van der Waals surface area contributed by atoms with Crippen LogP contribution in [0, 0.1) is 6.92 Å². The summed E-state index contributed by atoms with van der Waals surface area (Å²) in [6.45, 7) is 1.74. The summed E-state index contributed by atoms with van der Waals surface area (Å²) >= 11 is 0. The number of pyridine rings is 1. The average molecular weight is 281 g/mol. The minimum Gasteiger partial charge on any atom is -0.373 e. The largest absolute Gasteiger partial charge is 0.416 e. The number of nitrogens with zero attached hydrogens (tertiary/aromatic N) is 1. The zero-order valence-electron chi connectivity index (χ0n) is 11.0. The molecule has 106 valence electrons. The Kier molecular flexibility index (Phi) is 3.83. The quantitative estimate of drug-likeness (QED) is 0.885. The summed E-state index contributed by atoms with van der Waals surface area (Å²) in [7, 11) is 1.72. The van der Waals surface area contributed by atoms with Crippen molar-refractivity contribution in [3.8, 4) is 0 Å². The lowest BCUT2D eigenvalue weighted by Gasteiger charge is -2.13. The van der Waals surface area contributed by atoms with E-state index in [2.05, 4.69) is 15.6 Å². The maximum atomic E-state index is 12.7. The molecule has 2 aromatic rings. The molecule has 3 nitrogen and oxygen atoms in total. The number of rotatable bonds is 3. The highest BCUT2D eigenvalue weighted by Gasteiger charge is 2.30. The van der Waals surface area contributed by atoms with Crippen LogP contribution in [0.2, 0.25) is 0 Å². The Balaban J connectivity index is 2.32. The second-order valence-electron chi connectivity index (χ2n) is 4.31. The Morgan fingerprint density at radius 1 is 1.05 bits per heavy atom. The van der Waals surface area contributed by atoms with Gasteiger partial charge in [-0.15, -0.1) is 0 Å². The van der Waals surface area contributed by atoms with E-state index in [-0.39, 0.29) is 0 Å². The van der Waals surface area contributed by atoms with Crippen LogP contribution in [0.15, 0.2) is 36.4 Å². The number of anilines is 3. The fraction of sp³-hybridized carbons (Fsp3) is 0.214. The van der Waals surface area contributed by atoms with E-state index in [0.717, 1.165) is 17.7 Å². The molecule has 0 atom stereocenters. The molecule has 0 fully saturated rings. The second-order valence-corrected chi connectivity index (χ2v) is 4.31. The highest BCUT2D eigenvalue weighted by atomic mass is 19.4. The van der Waals surface area contributed by atoms with Crippen molar-refractivity contribution in [3.63, 3.8) is 0 Å². The SMILES string of the molecule is CNc1cccc(Nc2cc(C(F)(F)F)ccc2C)n1. The summed E-state index contributed by atoms with van der Waals surface area (Å²) in [6, 6.07) is 8.82. The highest BCUT2D eigenvalue weighted by molar-refractivity contribution is 5.62. The van der Waals surface area contributed by atoms with Crippen molar-refractivity contribution in [3.05, 3.63) is 47.5 Å². The van der Waals surface area contributed by atoms with Gasteiger partial charge in [0.1, 0.15) is 11.6 Å². The van der Waals surface area contributed by atoms with Crippen LogP contribution in [0.25, 0.3) is 0 Å². The number of halogens is 3. The molecule has 0 saturated heterocycles. The molecule has 1 aromatic carbocycles. The smallest absolute Gasteiger partial charge is 0.373 e. The molecule has 6 heteroatoms. The van der Waals surface area contributed by atoms with Crippen LogP contribution < -0.4 is 10.6 Å². The summed E-state index contributed by atoms with van der Waals surface area (Å²) in [5.74, 6) is 1.12. The Bertz CT molecular complexity index is 609. The van der Waals surface area contributed by atoms with E-state index < -0.39 is 11.7 Å². The van der Waals surface area contributed by atoms with Gasteiger partial charge in [0.2, 0.25) is 0 Å². The van der Waals surface area contributed by atoms with Gasteiger partial charge in [0.05, 0.1) is 5.56 Å². The number of aryl methyl sites for hydroxylation is 1. The van der Waals surface area contributed by atoms with Crippen LogP contribution in [-0.4, -0.2) is 12.0 Å². The van der Waals surface area contributed by atoms with E-state index in [1.807, 2.05) is 0 Å². The van der Waals surface area contributed by atoms with Crippen molar-refractivity contribution in [1.82, 2.24) is 4.98 Å². The van der Waals surface area contributed by atoms with Crippen molar-refractivity contribution in [2.24, 2.45) is 0 Å². The van der Waals surface area contributed by atoms with Gasteiger partial charge >= 0.3 is 6.18 Å². The Hall–Kier alpha value is -2.24. The van der Waals surface area contributed by atoms with Gasteiger partial charge in [-0.1, -0.05) is 12.1 Å². The molecule has 0 radical (unpaired) electrons. The minimum atomic E-state index is -4.36. The molecule has 2 N–H and O–H groups in total. The normalized spacial score (nSPS) is 11.2. The maximum absolute atomic E-state index is 12.7. The summed E-state index contributed by atoms with van der Waals surface area (Å²) < 4.78 is 38.1. The van der Waals surface area contributed by atoms with E-state index >= 15 is 0 Å². The first-order valence-electron chi connectivity index (χ1n) is 6.00. The van der Waals surface area contributed by atoms with Crippen molar-refractivity contribution in [2.45, 2.75) is 13.1 Å². The van der Waals surface area contributed by atoms with Crippen LogP contribution >= 0.6 is 0 Å². The molecule has 0 unspecified atom stereocenters. The summed E-state index contributed by atoms with van der Waals surface area (Å²) in [4.78, 5) is 4.22. The van der Waals surface area contributed by atoms with Crippen LogP contribution in [0.4, 0.5) is 30.5 Å². The van der Waals surface area contributed by atoms with Crippen molar-refractivity contribution in [1.29, 1.82) is 0 Å². The molecule has 0 aliphatic carbocycles. The first kappa shape index (κ1) is 14.2. The minimum absolute atomic E-state index is 0.389. The molecular formula is C14H14F3N3. The van der Waals surface area contributed by atoms with E-state index in [0.29, 0.717) is 17.3 Å². The number of hydrogen-bond donors (Lipinski definition) is 2. The van der Waals surface area contributed by atoms with Gasteiger partial charge in [-0.05, 0) is 36.8 Å². The molecule has 0 bridgehead atoms. The topological polar surface area (TPSA) is 37.0 Å². The van der Waals surface area contributed by atoms with Gasteiger partial charge in [-0.25, -0.2) is 4.98 Å². The summed E-state index contributed by atoms with van der Waals surface area (Å²) in [5, 5.41) is 5.78. The third-order valence-electron chi connectivity index (χ3n) is 2.83. The van der Waals surface area contributed by atoms with Gasteiger partial charge in [0.15, 0.2) is 0 Å². The molecule has 0 amide bonds. The third kappa shape index (κ3) is 3.20. The second kappa shape index (κ2) is 5.40. The lowest BCUT2D eigenvalue weighted by atomic mass is 10.1. The van der Waals surface area contributed by atoms with E-state index in [4.69, 9.17) is 0 Å². The number of benzene rings is 1. The molecule has 1 heterocycles. The lowest BCUT2D eigenvalue weighted by Crippen LogP contribution is -2.06.